The van der Waals surface area contributed by atoms with Gasteiger partial charge in [-0.2, -0.15) is 0 Å². The first-order valence-corrected chi connectivity index (χ1v) is 9.43. The largest absolute Gasteiger partial charge is 0.494 e. The molecule has 3 heterocycles. The summed E-state index contributed by atoms with van der Waals surface area (Å²) in [4.78, 5) is 9.74. The van der Waals surface area contributed by atoms with E-state index in [9.17, 15) is 0 Å². The van der Waals surface area contributed by atoms with Gasteiger partial charge < -0.3 is 25.5 Å². The molecule has 6 heteroatoms. The van der Waals surface area contributed by atoms with Crippen LogP contribution >= 0.6 is 0 Å². The van der Waals surface area contributed by atoms with E-state index in [1.165, 1.54) is 0 Å². The lowest BCUT2D eigenvalue weighted by Crippen LogP contribution is -2.28. The summed E-state index contributed by atoms with van der Waals surface area (Å²) in [5.74, 6) is 0.905. The van der Waals surface area contributed by atoms with Gasteiger partial charge in [0.15, 0.2) is 0 Å². The van der Waals surface area contributed by atoms with Crippen molar-refractivity contribution in [3.05, 3.63) is 72.3 Å². The molecule has 6 nitrogen and oxygen atoms in total. The summed E-state index contributed by atoms with van der Waals surface area (Å²) in [6, 6.07) is 12.3. The number of H-pyrrole nitrogens is 1. The highest BCUT2D eigenvalue weighted by Gasteiger charge is 2.11. The van der Waals surface area contributed by atoms with Crippen molar-refractivity contribution < 1.29 is 4.74 Å². The smallest absolute Gasteiger partial charge is 0.120 e. The monoisotopic (exact) mass is 375 g/mol. The van der Waals surface area contributed by atoms with Crippen molar-refractivity contribution in [1.29, 1.82) is 0 Å². The van der Waals surface area contributed by atoms with Crippen LogP contribution in [0.4, 0.5) is 0 Å². The summed E-state index contributed by atoms with van der Waals surface area (Å²) in [6.07, 6.45) is 8.67. The van der Waals surface area contributed by atoms with Gasteiger partial charge in [-0.1, -0.05) is 0 Å². The SMILES string of the molecule is CN(C)CCCOc1ccc2[nH]c(C3=CNNC(c4ccncc4)=C3)cc2c1. The maximum atomic E-state index is 5.90. The van der Waals surface area contributed by atoms with Gasteiger partial charge in [-0.3, -0.25) is 4.98 Å². The van der Waals surface area contributed by atoms with E-state index in [4.69, 9.17) is 4.74 Å². The molecule has 3 aromatic rings. The van der Waals surface area contributed by atoms with Crippen molar-refractivity contribution in [3.8, 4) is 5.75 Å². The highest BCUT2D eigenvalue weighted by Crippen LogP contribution is 2.27. The molecule has 4 rings (SSSR count). The van der Waals surface area contributed by atoms with Gasteiger partial charge in [-0.15, -0.1) is 0 Å². The number of pyridine rings is 1. The lowest BCUT2D eigenvalue weighted by Gasteiger charge is -2.17. The molecule has 0 amide bonds. The molecular weight excluding hydrogens is 350 g/mol. The van der Waals surface area contributed by atoms with Gasteiger partial charge >= 0.3 is 0 Å². The molecule has 0 saturated heterocycles. The van der Waals surface area contributed by atoms with Crippen LogP contribution in [0.2, 0.25) is 0 Å². The molecule has 0 unspecified atom stereocenters. The third-order valence-electron chi connectivity index (χ3n) is 4.65. The van der Waals surface area contributed by atoms with Crippen LogP contribution in [0.15, 0.2) is 61.1 Å². The standard InChI is InChI=1S/C22H25N5O/c1-27(2)10-3-11-28-19-4-5-20-17(12-19)13-21(25-20)18-14-22(26-24-15-18)16-6-8-23-9-7-16/h4-9,12-15,24-26H,3,10-11H2,1-2H3. The number of rotatable bonds is 7. The van der Waals surface area contributed by atoms with Crippen molar-refractivity contribution in [2.24, 2.45) is 0 Å². The van der Waals surface area contributed by atoms with Crippen LogP contribution < -0.4 is 15.6 Å². The van der Waals surface area contributed by atoms with E-state index in [1.807, 2.05) is 24.4 Å². The van der Waals surface area contributed by atoms with E-state index in [0.29, 0.717) is 0 Å². The van der Waals surface area contributed by atoms with Gasteiger partial charge in [0.2, 0.25) is 0 Å². The molecule has 0 bridgehead atoms. The van der Waals surface area contributed by atoms with Gasteiger partial charge in [-0.25, -0.2) is 0 Å². The van der Waals surface area contributed by atoms with Crippen LogP contribution in [0.3, 0.4) is 0 Å². The second kappa shape index (κ2) is 8.19. The molecule has 3 N–H and O–H groups in total. The number of ether oxygens (including phenoxy) is 1. The van der Waals surface area contributed by atoms with E-state index < -0.39 is 0 Å². The molecule has 1 aliphatic rings. The number of hydrogen-bond acceptors (Lipinski definition) is 5. The molecule has 0 radical (unpaired) electrons. The van der Waals surface area contributed by atoms with E-state index in [1.54, 1.807) is 12.4 Å². The van der Waals surface area contributed by atoms with Crippen LogP contribution in [-0.4, -0.2) is 42.1 Å². The Hall–Kier alpha value is -3.25. The third kappa shape index (κ3) is 4.18. The van der Waals surface area contributed by atoms with Crippen molar-refractivity contribution in [2.45, 2.75) is 6.42 Å². The first-order chi connectivity index (χ1) is 13.7. The van der Waals surface area contributed by atoms with Gasteiger partial charge in [0.1, 0.15) is 5.75 Å². The summed E-state index contributed by atoms with van der Waals surface area (Å²) in [7, 11) is 4.15. The van der Waals surface area contributed by atoms with E-state index >= 15 is 0 Å². The van der Waals surface area contributed by atoms with Gasteiger partial charge in [0.05, 0.1) is 12.3 Å². The number of benzene rings is 1. The number of allylic oxidation sites excluding steroid dienone is 2. The molecular formula is C22H25N5O. The molecule has 1 aromatic carbocycles. The van der Waals surface area contributed by atoms with Crippen LogP contribution in [0, 0.1) is 0 Å². The van der Waals surface area contributed by atoms with Crippen molar-refractivity contribution in [2.75, 3.05) is 27.2 Å². The Morgan fingerprint density at radius 2 is 1.93 bits per heavy atom. The fourth-order valence-corrected chi connectivity index (χ4v) is 3.19. The van der Waals surface area contributed by atoms with Crippen LogP contribution in [0.5, 0.6) is 5.75 Å². The van der Waals surface area contributed by atoms with Crippen LogP contribution in [0.25, 0.3) is 22.2 Å². The molecule has 0 fully saturated rings. The zero-order valence-corrected chi connectivity index (χ0v) is 16.2. The fraction of sp³-hybridized carbons (Fsp3) is 0.227. The zero-order valence-electron chi connectivity index (χ0n) is 16.2. The number of aromatic amines is 1. The number of hydrazine groups is 1. The molecule has 0 spiro atoms. The predicted molar refractivity (Wildman–Crippen MR) is 113 cm³/mol. The maximum Gasteiger partial charge on any atom is 0.120 e. The van der Waals surface area contributed by atoms with Gasteiger partial charge in [-0.05, 0) is 63.0 Å². The van der Waals surface area contributed by atoms with E-state index in [2.05, 4.69) is 64.1 Å². The van der Waals surface area contributed by atoms with Gasteiger partial charge in [0, 0.05) is 52.9 Å². The molecule has 1 aliphatic heterocycles. The minimum absolute atomic E-state index is 0.722. The predicted octanol–water partition coefficient (Wildman–Crippen LogP) is 3.38. The zero-order chi connectivity index (χ0) is 19.3. The molecule has 28 heavy (non-hydrogen) atoms. The van der Waals surface area contributed by atoms with Crippen molar-refractivity contribution in [3.63, 3.8) is 0 Å². The number of fused-ring (bicyclic) bond motifs is 1. The Morgan fingerprint density at radius 3 is 2.75 bits per heavy atom. The summed E-state index contributed by atoms with van der Waals surface area (Å²) in [5.41, 5.74) is 11.6. The maximum absolute atomic E-state index is 5.90. The Morgan fingerprint density at radius 1 is 1.07 bits per heavy atom. The summed E-state index contributed by atoms with van der Waals surface area (Å²) in [6.45, 7) is 1.75. The lowest BCUT2D eigenvalue weighted by atomic mass is 10.1. The average molecular weight is 375 g/mol. The summed E-state index contributed by atoms with van der Waals surface area (Å²) >= 11 is 0. The van der Waals surface area contributed by atoms with Crippen molar-refractivity contribution >= 4 is 22.2 Å². The number of hydrogen-bond donors (Lipinski definition) is 3. The van der Waals surface area contributed by atoms with E-state index in [-0.39, 0.29) is 0 Å². The highest BCUT2D eigenvalue weighted by molar-refractivity contribution is 5.90. The first-order valence-electron chi connectivity index (χ1n) is 9.43. The topological polar surface area (TPSA) is 65.2 Å². The molecule has 0 aliphatic carbocycles. The Balaban J connectivity index is 1.51. The fourth-order valence-electron chi connectivity index (χ4n) is 3.19. The number of nitrogens with one attached hydrogen (secondary N) is 3. The third-order valence-corrected chi connectivity index (χ3v) is 4.65. The number of aromatic nitrogens is 2. The van der Waals surface area contributed by atoms with Gasteiger partial charge in [0.25, 0.3) is 0 Å². The molecule has 144 valence electrons. The molecule has 0 saturated carbocycles. The summed E-state index contributed by atoms with van der Waals surface area (Å²) in [5, 5.41) is 1.14. The molecule has 2 aromatic heterocycles. The first kappa shape index (κ1) is 18.1. The lowest BCUT2D eigenvalue weighted by molar-refractivity contribution is 0.282. The summed E-state index contributed by atoms with van der Waals surface area (Å²) < 4.78 is 5.90. The number of nitrogens with zero attached hydrogens (tertiary/aromatic N) is 2. The second-order valence-corrected chi connectivity index (χ2v) is 7.10. The van der Waals surface area contributed by atoms with Crippen molar-refractivity contribution in [1.82, 2.24) is 25.7 Å². The minimum Gasteiger partial charge on any atom is -0.494 e. The van der Waals surface area contributed by atoms with Crippen LogP contribution in [0.1, 0.15) is 17.7 Å². The quantitative estimate of drug-likeness (QED) is 0.553. The minimum atomic E-state index is 0.722. The second-order valence-electron chi connectivity index (χ2n) is 7.10. The van der Waals surface area contributed by atoms with Crippen LogP contribution in [-0.2, 0) is 0 Å². The average Bonchev–Trinajstić information content (AvgIpc) is 3.15. The Kier molecular flexibility index (Phi) is 5.30. The Labute approximate surface area is 164 Å². The van der Waals surface area contributed by atoms with E-state index in [0.717, 1.165) is 58.8 Å². The molecule has 0 atom stereocenters. The highest BCUT2D eigenvalue weighted by atomic mass is 16.5. The normalized spacial score (nSPS) is 13.7. The Bertz CT molecular complexity index is 1000.